The summed E-state index contributed by atoms with van der Waals surface area (Å²) in [6, 6.07) is 3.78. The molecular weight excluding hydrogens is 230 g/mol. The fraction of sp³-hybridized carbons (Fsp3) is 0.308. The van der Waals surface area contributed by atoms with Gasteiger partial charge in [0.2, 0.25) is 0 Å². The van der Waals surface area contributed by atoms with Crippen molar-refractivity contribution in [1.82, 2.24) is 15.0 Å². The van der Waals surface area contributed by atoms with E-state index < -0.39 is 0 Å². The number of pyridine rings is 1. The van der Waals surface area contributed by atoms with Crippen molar-refractivity contribution in [2.75, 3.05) is 6.61 Å². The summed E-state index contributed by atoms with van der Waals surface area (Å²) in [5.74, 6) is 0.618. The van der Waals surface area contributed by atoms with Gasteiger partial charge in [-0.3, -0.25) is 9.78 Å². The molecule has 0 unspecified atom stereocenters. The summed E-state index contributed by atoms with van der Waals surface area (Å²) in [4.78, 5) is 22.9. The SMILES string of the molecule is Cc1nc(Cc2cccnc2)[nH]c(=O)c1CCO. The minimum atomic E-state index is -0.171. The van der Waals surface area contributed by atoms with Crippen LogP contribution in [0.15, 0.2) is 29.3 Å². The molecule has 0 fully saturated rings. The molecule has 0 aromatic carbocycles. The number of aryl methyl sites for hydroxylation is 1. The third-order valence-electron chi connectivity index (χ3n) is 2.73. The molecule has 2 aromatic heterocycles. The van der Waals surface area contributed by atoms with Gasteiger partial charge in [0, 0.05) is 43.1 Å². The zero-order valence-electron chi connectivity index (χ0n) is 10.2. The quantitative estimate of drug-likeness (QED) is 0.826. The summed E-state index contributed by atoms with van der Waals surface area (Å²) in [6.07, 6.45) is 4.33. The molecule has 2 N–H and O–H groups in total. The van der Waals surface area contributed by atoms with Crippen molar-refractivity contribution in [1.29, 1.82) is 0 Å². The van der Waals surface area contributed by atoms with Crippen molar-refractivity contribution >= 4 is 0 Å². The number of aliphatic hydroxyl groups excluding tert-OH is 1. The molecule has 0 atom stereocenters. The molecule has 18 heavy (non-hydrogen) atoms. The molecule has 2 rings (SSSR count). The van der Waals surface area contributed by atoms with Crippen molar-refractivity contribution in [3.63, 3.8) is 0 Å². The van der Waals surface area contributed by atoms with Crippen LogP contribution in [-0.4, -0.2) is 26.7 Å². The number of nitrogens with one attached hydrogen (secondary N) is 1. The lowest BCUT2D eigenvalue weighted by Crippen LogP contribution is -2.20. The molecule has 5 nitrogen and oxygen atoms in total. The van der Waals surface area contributed by atoms with Crippen molar-refractivity contribution < 1.29 is 5.11 Å². The number of H-pyrrole nitrogens is 1. The Labute approximate surface area is 105 Å². The maximum absolute atomic E-state index is 11.8. The summed E-state index contributed by atoms with van der Waals surface area (Å²) < 4.78 is 0. The van der Waals surface area contributed by atoms with Crippen LogP contribution in [-0.2, 0) is 12.8 Å². The number of aromatic nitrogens is 3. The van der Waals surface area contributed by atoms with Gasteiger partial charge < -0.3 is 10.1 Å². The monoisotopic (exact) mass is 245 g/mol. The van der Waals surface area contributed by atoms with Crippen LogP contribution in [0.1, 0.15) is 22.6 Å². The van der Waals surface area contributed by atoms with Gasteiger partial charge in [0.15, 0.2) is 0 Å². The summed E-state index contributed by atoms with van der Waals surface area (Å²) in [7, 11) is 0. The maximum Gasteiger partial charge on any atom is 0.254 e. The molecule has 2 heterocycles. The van der Waals surface area contributed by atoms with E-state index in [4.69, 9.17) is 5.11 Å². The largest absolute Gasteiger partial charge is 0.396 e. The Morgan fingerprint density at radius 2 is 2.28 bits per heavy atom. The Bertz CT molecular complexity index is 579. The average Bonchev–Trinajstić information content (AvgIpc) is 2.35. The van der Waals surface area contributed by atoms with Gasteiger partial charge in [0.25, 0.3) is 5.56 Å². The molecule has 94 valence electrons. The van der Waals surface area contributed by atoms with Gasteiger partial charge in [-0.1, -0.05) is 6.07 Å². The first-order valence-electron chi connectivity index (χ1n) is 5.79. The number of aliphatic hydroxyl groups is 1. The maximum atomic E-state index is 11.8. The summed E-state index contributed by atoms with van der Waals surface area (Å²) >= 11 is 0. The Balaban J connectivity index is 2.28. The second kappa shape index (κ2) is 5.55. The van der Waals surface area contributed by atoms with Gasteiger partial charge >= 0.3 is 0 Å². The van der Waals surface area contributed by atoms with E-state index in [2.05, 4.69) is 15.0 Å². The van der Waals surface area contributed by atoms with E-state index in [9.17, 15) is 4.79 Å². The average molecular weight is 245 g/mol. The van der Waals surface area contributed by atoms with Crippen LogP contribution < -0.4 is 5.56 Å². The molecule has 2 aromatic rings. The third kappa shape index (κ3) is 2.81. The number of hydrogen-bond donors (Lipinski definition) is 2. The Hall–Kier alpha value is -2.01. The molecule has 0 bridgehead atoms. The van der Waals surface area contributed by atoms with Crippen molar-refractivity contribution in [2.45, 2.75) is 19.8 Å². The van der Waals surface area contributed by atoms with Gasteiger partial charge in [-0.15, -0.1) is 0 Å². The minimum absolute atomic E-state index is 0.0481. The number of nitrogens with zero attached hydrogens (tertiary/aromatic N) is 2. The molecule has 0 saturated heterocycles. The lowest BCUT2D eigenvalue weighted by atomic mass is 10.1. The first-order chi connectivity index (χ1) is 8.70. The van der Waals surface area contributed by atoms with Gasteiger partial charge in [-0.2, -0.15) is 0 Å². The molecule has 0 aliphatic carbocycles. The summed E-state index contributed by atoms with van der Waals surface area (Å²) in [6.45, 7) is 1.74. The highest BCUT2D eigenvalue weighted by atomic mass is 16.3. The molecule has 0 radical (unpaired) electrons. The van der Waals surface area contributed by atoms with Crippen LogP contribution in [0, 0.1) is 6.92 Å². The normalized spacial score (nSPS) is 10.6. The van der Waals surface area contributed by atoms with E-state index in [-0.39, 0.29) is 12.2 Å². The highest BCUT2D eigenvalue weighted by Crippen LogP contribution is 2.05. The molecule has 0 aliphatic heterocycles. The van der Waals surface area contributed by atoms with Crippen LogP contribution in [0.2, 0.25) is 0 Å². The Morgan fingerprint density at radius 1 is 1.44 bits per heavy atom. The van der Waals surface area contributed by atoms with E-state index in [1.54, 1.807) is 19.3 Å². The predicted octanol–water partition coefficient (Wildman–Crippen LogP) is 0.599. The minimum Gasteiger partial charge on any atom is -0.396 e. The molecule has 0 saturated carbocycles. The van der Waals surface area contributed by atoms with Crippen molar-refractivity contribution in [3.8, 4) is 0 Å². The first-order valence-corrected chi connectivity index (χ1v) is 5.79. The van der Waals surface area contributed by atoms with Gasteiger partial charge in [-0.05, 0) is 18.6 Å². The van der Waals surface area contributed by atoms with Gasteiger partial charge in [0.1, 0.15) is 5.82 Å². The van der Waals surface area contributed by atoms with Gasteiger partial charge in [-0.25, -0.2) is 4.98 Å². The lowest BCUT2D eigenvalue weighted by molar-refractivity contribution is 0.298. The van der Waals surface area contributed by atoms with Crippen LogP contribution >= 0.6 is 0 Å². The molecule has 0 spiro atoms. The van der Waals surface area contributed by atoms with Crippen LogP contribution in [0.25, 0.3) is 0 Å². The van der Waals surface area contributed by atoms with Crippen molar-refractivity contribution in [2.24, 2.45) is 0 Å². The van der Waals surface area contributed by atoms with E-state index in [1.165, 1.54) is 0 Å². The second-order valence-corrected chi connectivity index (χ2v) is 4.09. The Kier molecular flexibility index (Phi) is 3.84. The number of rotatable bonds is 4. The zero-order chi connectivity index (χ0) is 13.0. The number of aromatic amines is 1. The molecular formula is C13H15N3O2. The topological polar surface area (TPSA) is 78.9 Å². The second-order valence-electron chi connectivity index (χ2n) is 4.09. The van der Waals surface area contributed by atoms with Crippen LogP contribution in [0.4, 0.5) is 0 Å². The van der Waals surface area contributed by atoms with E-state index >= 15 is 0 Å². The number of hydrogen-bond acceptors (Lipinski definition) is 4. The fourth-order valence-electron chi connectivity index (χ4n) is 1.85. The Morgan fingerprint density at radius 3 is 2.89 bits per heavy atom. The molecule has 0 amide bonds. The molecule has 0 aliphatic rings. The highest BCUT2D eigenvalue weighted by Gasteiger charge is 2.08. The first kappa shape index (κ1) is 12.4. The highest BCUT2D eigenvalue weighted by molar-refractivity contribution is 5.20. The summed E-state index contributed by atoms with van der Waals surface area (Å²) in [5.41, 5.74) is 2.05. The molecule has 5 heteroatoms. The lowest BCUT2D eigenvalue weighted by Gasteiger charge is -2.06. The third-order valence-corrected chi connectivity index (χ3v) is 2.73. The van der Waals surface area contributed by atoms with E-state index in [0.29, 0.717) is 29.9 Å². The zero-order valence-corrected chi connectivity index (χ0v) is 10.2. The smallest absolute Gasteiger partial charge is 0.254 e. The summed E-state index contributed by atoms with van der Waals surface area (Å²) in [5, 5.41) is 8.88. The standard InChI is InChI=1S/C13H15N3O2/c1-9-11(4-6-17)13(18)16-12(15-9)7-10-3-2-5-14-8-10/h2-3,5,8,17H,4,6-7H2,1H3,(H,15,16,18). The van der Waals surface area contributed by atoms with Crippen molar-refractivity contribution in [3.05, 3.63) is 57.5 Å². The van der Waals surface area contributed by atoms with E-state index in [0.717, 1.165) is 5.56 Å². The van der Waals surface area contributed by atoms with E-state index in [1.807, 2.05) is 12.1 Å². The van der Waals surface area contributed by atoms with Gasteiger partial charge in [0.05, 0.1) is 0 Å². The van der Waals surface area contributed by atoms with Crippen LogP contribution in [0.5, 0.6) is 0 Å². The predicted molar refractivity (Wildman–Crippen MR) is 67.4 cm³/mol. The fourth-order valence-corrected chi connectivity index (χ4v) is 1.85. The van der Waals surface area contributed by atoms with Crippen LogP contribution in [0.3, 0.4) is 0 Å².